The van der Waals surface area contributed by atoms with Crippen LogP contribution in [0.3, 0.4) is 0 Å². The van der Waals surface area contributed by atoms with E-state index in [1.54, 1.807) is 24.3 Å². The zero-order valence-electron chi connectivity index (χ0n) is 20.5. The molecule has 10 nitrogen and oxygen atoms in total. The third-order valence-corrected chi connectivity index (χ3v) is 6.99. The molecule has 1 amide bonds. The highest BCUT2D eigenvalue weighted by molar-refractivity contribution is 9.10. The summed E-state index contributed by atoms with van der Waals surface area (Å²) >= 11 is 3.58. The van der Waals surface area contributed by atoms with Crippen molar-refractivity contribution in [3.05, 3.63) is 110 Å². The lowest BCUT2D eigenvalue weighted by Crippen LogP contribution is -2.52. The molecular weight excluding hydrogens is 552 g/mol. The Bertz CT molecular complexity index is 1360. The summed E-state index contributed by atoms with van der Waals surface area (Å²) in [5, 5.41) is 12.7. The second-order valence-electron chi connectivity index (χ2n) is 8.62. The molecule has 4 N–H and O–H groups in total. The average molecular weight is 579 g/mol. The minimum absolute atomic E-state index is 0.0497. The van der Waals surface area contributed by atoms with Gasteiger partial charge in [-0.25, -0.2) is 10.8 Å². The highest BCUT2D eigenvalue weighted by atomic mass is 79.9. The van der Waals surface area contributed by atoms with Crippen molar-refractivity contribution in [3.8, 4) is 5.75 Å². The zero-order chi connectivity index (χ0) is 27.0. The summed E-state index contributed by atoms with van der Waals surface area (Å²) in [5.41, 5.74) is 12.6. The molecule has 1 aliphatic heterocycles. The molecule has 1 aliphatic rings. The van der Waals surface area contributed by atoms with Crippen LogP contribution in [-0.4, -0.2) is 35.7 Å². The highest BCUT2D eigenvalue weighted by Gasteiger charge is 2.53. The van der Waals surface area contributed by atoms with E-state index in [0.29, 0.717) is 35.5 Å². The SMILES string of the molecule is [N-]=[N+]=NCc1ccccc1[C@@H]1OC(c2ccc(OCCCO)cc2)=N[C@]1(Cc1ccccc1Br)C(=O)NN. The van der Waals surface area contributed by atoms with E-state index in [4.69, 9.17) is 30.9 Å². The van der Waals surface area contributed by atoms with Gasteiger partial charge in [0.25, 0.3) is 5.91 Å². The van der Waals surface area contributed by atoms with Crippen molar-refractivity contribution < 1.29 is 19.4 Å². The molecule has 0 spiro atoms. The van der Waals surface area contributed by atoms with Crippen molar-refractivity contribution in [2.24, 2.45) is 15.9 Å². The molecule has 3 aromatic carbocycles. The first-order valence-electron chi connectivity index (χ1n) is 12.0. The number of aliphatic hydroxyl groups excluding tert-OH is 1. The molecule has 3 aromatic rings. The van der Waals surface area contributed by atoms with Gasteiger partial charge in [-0.2, -0.15) is 0 Å². The largest absolute Gasteiger partial charge is 0.494 e. The van der Waals surface area contributed by atoms with Crippen molar-refractivity contribution in [2.45, 2.75) is 31.0 Å². The Kier molecular flexibility index (Phi) is 8.98. The number of benzene rings is 3. The smallest absolute Gasteiger partial charge is 0.266 e. The van der Waals surface area contributed by atoms with E-state index in [-0.39, 0.29) is 25.5 Å². The monoisotopic (exact) mass is 578 g/mol. The molecule has 2 atom stereocenters. The summed E-state index contributed by atoms with van der Waals surface area (Å²) in [6.07, 6.45) is -0.150. The van der Waals surface area contributed by atoms with Gasteiger partial charge in [-0.1, -0.05) is 63.5 Å². The summed E-state index contributed by atoms with van der Waals surface area (Å²) in [4.78, 5) is 21.4. The Labute approximate surface area is 228 Å². The first-order chi connectivity index (χ1) is 18.5. The predicted molar refractivity (Wildman–Crippen MR) is 146 cm³/mol. The quantitative estimate of drug-likeness (QED) is 0.0580. The van der Waals surface area contributed by atoms with E-state index in [1.165, 1.54) is 0 Å². The Morgan fingerprint density at radius 1 is 1.16 bits per heavy atom. The Morgan fingerprint density at radius 3 is 2.55 bits per heavy atom. The lowest BCUT2D eigenvalue weighted by molar-refractivity contribution is -0.129. The van der Waals surface area contributed by atoms with Crippen LogP contribution in [0.15, 0.2) is 87.4 Å². The highest BCUT2D eigenvalue weighted by Crippen LogP contribution is 2.44. The van der Waals surface area contributed by atoms with Crippen LogP contribution in [0.4, 0.5) is 0 Å². The summed E-state index contributed by atoms with van der Waals surface area (Å²) in [7, 11) is 0. The topological polar surface area (TPSA) is 155 Å². The fourth-order valence-electron chi connectivity index (χ4n) is 4.36. The minimum Gasteiger partial charge on any atom is -0.494 e. The molecule has 0 saturated heterocycles. The maximum atomic E-state index is 13.6. The lowest BCUT2D eigenvalue weighted by atomic mass is 9.81. The van der Waals surface area contributed by atoms with Gasteiger partial charge < -0.3 is 14.6 Å². The van der Waals surface area contributed by atoms with Crippen molar-refractivity contribution >= 4 is 27.7 Å². The van der Waals surface area contributed by atoms with E-state index in [1.807, 2.05) is 48.5 Å². The molecule has 0 fully saturated rings. The van der Waals surface area contributed by atoms with Gasteiger partial charge in [-0.3, -0.25) is 10.2 Å². The number of nitrogens with two attached hydrogens (primary N) is 1. The number of carbonyl (C=O) groups is 1. The van der Waals surface area contributed by atoms with Gasteiger partial charge in [-0.05, 0) is 52.6 Å². The maximum absolute atomic E-state index is 13.6. The number of carbonyl (C=O) groups excluding carboxylic acids is 1. The Balaban J connectivity index is 1.81. The molecule has 4 rings (SSSR count). The molecule has 0 bridgehead atoms. The fraction of sp³-hybridized carbons (Fsp3) is 0.259. The summed E-state index contributed by atoms with van der Waals surface area (Å²) < 4.78 is 12.9. The van der Waals surface area contributed by atoms with E-state index in [2.05, 4.69) is 31.4 Å². The third-order valence-electron chi connectivity index (χ3n) is 6.22. The number of nitrogens with zero attached hydrogens (tertiary/aromatic N) is 4. The molecule has 38 heavy (non-hydrogen) atoms. The maximum Gasteiger partial charge on any atom is 0.266 e. The lowest BCUT2D eigenvalue weighted by Gasteiger charge is -2.31. The van der Waals surface area contributed by atoms with Crippen LogP contribution >= 0.6 is 15.9 Å². The number of hydrogen-bond acceptors (Lipinski definition) is 7. The third kappa shape index (κ3) is 5.81. The predicted octanol–water partition coefficient (Wildman–Crippen LogP) is 4.51. The molecule has 1 heterocycles. The molecule has 196 valence electrons. The molecular formula is C27H27BrN6O4. The van der Waals surface area contributed by atoms with E-state index >= 15 is 0 Å². The number of halogens is 1. The molecule has 0 unspecified atom stereocenters. The molecule has 0 saturated carbocycles. The van der Waals surface area contributed by atoms with Gasteiger partial charge in [0, 0.05) is 34.4 Å². The van der Waals surface area contributed by atoms with Gasteiger partial charge in [0.1, 0.15) is 5.75 Å². The van der Waals surface area contributed by atoms with Gasteiger partial charge in [-0.15, -0.1) is 0 Å². The van der Waals surface area contributed by atoms with Gasteiger partial charge in [0.05, 0.1) is 13.2 Å². The molecule has 11 heteroatoms. The van der Waals surface area contributed by atoms with Crippen LogP contribution < -0.4 is 16.0 Å². The summed E-state index contributed by atoms with van der Waals surface area (Å²) in [6.45, 7) is 0.522. The number of rotatable bonds is 11. The molecule has 0 aliphatic carbocycles. The number of aliphatic hydroxyl groups is 1. The first-order valence-corrected chi connectivity index (χ1v) is 12.8. The van der Waals surface area contributed by atoms with Gasteiger partial charge in [0.15, 0.2) is 11.6 Å². The van der Waals surface area contributed by atoms with Crippen LogP contribution in [-0.2, 0) is 22.5 Å². The van der Waals surface area contributed by atoms with Crippen LogP contribution in [0, 0.1) is 0 Å². The van der Waals surface area contributed by atoms with Crippen molar-refractivity contribution in [2.75, 3.05) is 13.2 Å². The average Bonchev–Trinajstić information content (AvgIpc) is 3.33. The fourth-order valence-corrected chi connectivity index (χ4v) is 4.78. The van der Waals surface area contributed by atoms with Crippen molar-refractivity contribution in [3.63, 3.8) is 0 Å². The second-order valence-corrected chi connectivity index (χ2v) is 9.47. The van der Waals surface area contributed by atoms with E-state index in [0.717, 1.165) is 10.0 Å². The number of azide groups is 1. The van der Waals surface area contributed by atoms with Gasteiger partial charge in [0.2, 0.25) is 5.90 Å². The zero-order valence-corrected chi connectivity index (χ0v) is 22.0. The summed E-state index contributed by atoms with van der Waals surface area (Å²) in [6, 6.07) is 22.0. The Hall–Kier alpha value is -3.89. The number of amides is 1. The van der Waals surface area contributed by atoms with Crippen LogP contribution in [0.1, 0.15) is 34.8 Å². The van der Waals surface area contributed by atoms with Crippen LogP contribution in [0.5, 0.6) is 5.75 Å². The Morgan fingerprint density at radius 2 is 1.87 bits per heavy atom. The second kappa shape index (κ2) is 12.6. The van der Waals surface area contributed by atoms with Crippen LogP contribution in [0.2, 0.25) is 0 Å². The normalized spacial score (nSPS) is 18.2. The first kappa shape index (κ1) is 27.2. The van der Waals surface area contributed by atoms with Crippen molar-refractivity contribution in [1.29, 1.82) is 0 Å². The van der Waals surface area contributed by atoms with Crippen LogP contribution in [0.25, 0.3) is 10.4 Å². The molecule has 0 radical (unpaired) electrons. The minimum atomic E-state index is -1.46. The number of hydrogen-bond donors (Lipinski definition) is 3. The van der Waals surface area contributed by atoms with Crippen molar-refractivity contribution in [1.82, 2.24) is 5.43 Å². The standard InChI is InChI=1S/C27H27BrN6O4/c28-23-9-4-2-6-19(23)16-27(26(36)33-29)24(22-8-3-1-7-20(22)17-31-34-30)38-25(32-27)18-10-12-21(13-11-18)37-15-5-14-35/h1-4,6-13,24,35H,5,14-17,29H2,(H,33,36)/t24-,27-/m0/s1. The molecule has 0 aromatic heterocycles. The summed E-state index contributed by atoms with van der Waals surface area (Å²) in [5.74, 6) is 6.10. The number of hydrazine groups is 1. The number of ether oxygens (including phenoxy) is 2. The van der Waals surface area contributed by atoms with E-state index in [9.17, 15) is 4.79 Å². The number of aliphatic imine (C=N–C) groups is 1. The number of nitrogens with one attached hydrogen (secondary N) is 1. The van der Waals surface area contributed by atoms with E-state index < -0.39 is 17.6 Å². The van der Waals surface area contributed by atoms with Gasteiger partial charge >= 0.3 is 0 Å².